The van der Waals surface area contributed by atoms with Gasteiger partial charge in [-0.1, -0.05) is 59.3 Å². The number of carbonyl (C=O) groups is 1. The summed E-state index contributed by atoms with van der Waals surface area (Å²) < 4.78 is 1.65. The number of halogens is 1. The average Bonchev–Trinajstić information content (AvgIpc) is 3.31. The van der Waals surface area contributed by atoms with E-state index in [1.165, 1.54) is 23.9 Å². The number of benzene rings is 3. The van der Waals surface area contributed by atoms with Crippen LogP contribution in [0.3, 0.4) is 0 Å². The van der Waals surface area contributed by atoms with Crippen LogP contribution in [0.15, 0.2) is 83.2 Å². The third kappa shape index (κ3) is 5.52. The predicted octanol–water partition coefficient (Wildman–Crippen LogP) is 6.68. The Kier molecular flexibility index (Phi) is 7.40. The number of hydrogen-bond donors (Lipinski definition) is 2. The summed E-state index contributed by atoms with van der Waals surface area (Å²) in [4.78, 5) is 29.2. The molecule has 39 heavy (non-hydrogen) atoms. The van der Waals surface area contributed by atoms with E-state index in [9.17, 15) is 14.9 Å². The maximum atomic E-state index is 13.7. The molecule has 4 aromatic rings. The quantitative estimate of drug-likeness (QED) is 0.147. The Labute approximate surface area is 234 Å². The van der Waals surface area contributed by atoms with Crippen molar-refractivity contribution in [2.45, 2.75) is 37.7 Å². The smallest absolute Gasteiger partial charge is 0.269 e. The molecule has 0 spiro atoms. The zero-order valence-corrected chi connectivity index (χ0v) is 23.0. The number of amides is 1. The molecule has 1 unspecified atom stereocenters. The number of anilines is 2. The van der Waals surface area contributed by atoms with Crippen molar-refractivity contribution < 1.29 is 9.72 Å². The van der Waals surface area contributed by atoms with E-state index in [0.717, 1.165) is 16.7 Å². The second-order valence-corrected chi connectivity index (χ2v) is 10.6. The zero-order chi connectivity index (χ0) is 27.7. The Balaban J connectivity index is 1.51. The van der Waals surface area contributed by atoms with Crippen LogP contribution in [0.5, 0.6) is 0 Å². The highest BCUT2D eigenvalue weighted by molar-refractivity contribution is 7.98. The number of allylic oxidation sites excluding steroid dienone is 1. The number of carbonyl (C=O) groups excluding carboxylic acids is 1. The van der Waals surface area contributed by atoms with Gasteiger partial charge in [-0.15, -0.1) is 5.10 Å². The number of nitrogens with one attached hydrogen (secondary N) is 2. The van der Waals surface area contributed by atoms with Gasteiger partial charge in [0.15, 0.2) is 0 Å². The second-order valence-electron chi connectivity index (χ2n) is 9.23. The minimum absolute atomic E-state index is 0.0375. The number of thioether (sulfide) groups is 1. The fraction of sp³-hybridized carbons (Fsp3) is 0.179. The fourth-order valence-electron chi connectivity index (χ4n) is 4.47. The van der Waals surface area contributed by atoms with Crippen LogP contribution in [0.2, 0.25) is 5.02 Å². The number of nitro benzene ring substituents is 1. The van der Waals surface area contributed by atoms with Crippen molar-refractivity contribution in [3.05, 3.63) is 115 Å². The Morgan fingerprint density at radius 3 is 2.56 bits per heavy atom. The standard InChI is InChI=1S/C28H25ClN6O3S/c1-16-8-13-23(17(2)14-16)31-26(36)24-18(3)30-27-32-28(39-15-20-6-4-5-7-22(20)29)33-34(27)25(24)19-9-11-21(12-10-19)35(37)38/h4-14,25H,15H2,1-3H3,(H,31,36)(H,30,32,33). The highest BCUT2D eigenvalue weighted by atomic mass is 35.5. The lowest BCUT2D eigenvalue weighted by atomic mass is 9.94. The summed E-state index contributed by atoms with van der Waals surface area (Å²) in [5.41, 5.74) is 5.38. The molecule has 0 aliphatic carbocycles. The largest absolute Gasteiger partial charge is 0.328 e. The van der Waals surface area contributed by atoms with Crippen molar-refractivity contribution >= 4 is 46.6 Å². The molecule has 0 radical (unpaired) electrons. The minimum atomic E-state index is -0.657. The summed E-state index contributed by atoms with van der Waals surface area (Å²) in [6.45, 7) is 5.74. The van der Waals surface area contributed by atoms with Gasteiger partial charge in [0.25, 0.3) is 11.6 Å². The van der Waals surface area contributed by atoms with Crippen LogP contribution in [0.1, 0.15) is 35.2 Å². The average molecular weight is 561 g/mol. The molecule has 9 nitrogen and oxygen atoms in total. The Morgan fingerprint density at radius 2 is 1.87 bits per heavy atom. The number of rotatable bonds is 7. The van der Waals surface area contributed by atoms with E-state index in [1.807, 2.05) is 63.2 Å². The van der Waals surface area contributed by atoms with Crippen LogP contribution in [0.25, 0.3) is 0 Å². The number of nitrogens with zero attached hydrogens (tertiary/aromatic N) is 4. The van der Waals surface area contributed by atoms with E-state index in [2.05, 4.69) is 15.6 Å². The molecule has 2 heterocycles. The van der Waals surface area contributed by atoms with Crippen molar-refractivity contribution in [2.75, 3.05) is 10.6 Å². The van der Waals surface area contributed by atoms with E-state index in [0.29, 0.717) is 44.4 Å². The van der Waals surface area contributed by atoms with Crippen LogP contribution in [0.4, 0.5) is 17.3 Å². The van der Waals surface area contributed by atoms with Crippen LogP contribution in [-0.4, -0.2) is 25.6 Å². The van der Waals surface area contributed by atoms with Gasteiger partial charge < -0.3 is 10.6 Å². The lowest BCUT2D eigenvalue weighted by molar-refractivity contribution is -0.384. The Morgan fingerprint density at radius 1 is 1.13 bits per heavy atom. The molecule has 11 heteroatoms. The summed E-state index contributed by atoms with van der Waals surface area (Å²) in [6.07, 6.45) is 0. The SMILES string of the molecule is CC1=C(C(=O)Nc2ccc(C)cc2C)C(c2ccc([N+](=O)[O-])cc2)n2nc(SCc3ccccc3Cl)nc2N1. The van der Waals surface area contributed by atoms with Crippen molar-refractivity contribution in [1.29, 1.82) is 0 Å². The Hall–Kier alpha value is -4.15. The first-order valence-electron chi connectivity index (χ1n) is 12.1. The van der Waals surface area contributed by atoms with E-state index in [-0.39, 0.29) is 11.6 Å². The van der Waals surface area contributed by atoms with E-state index in [1.54, 1.807) is 16.8 Å². The number of nitro groups is 1. The monoisotopic (exact) mass is 560 g/mol. The van der Waals surface area contributed by atoms with Gasteiger partial charge in [0.2, 0.25) is 11.1 Å². The number of hydrogen-bond acceptors (Lipinski definition) is 7. The summed E-state index contributed by atoms with van der Waals surface area (Å²) in [7, 11) is 0. The van der Waals surface area contributed by atoms with Gasteiger partial charge in [-0.2, -0.15) is 4.98 Å². The maximum absolute atomic E-state index is 13.7. The maximum Gasteiger partial charge on any atom is 0.269 e. The van der Waals surface area contributed by atoms with E-state index in [4.69, 9.17) is 16.7 Å². The molecule has 0 saturated carbocycles. The fourth-order valence-corrected chi connectivity index (χ4v) is 5.59. The second kappa shape index (κ2) is 10.9. The third-order valence-corrected chi connectivity index (χ3v) is 7.70. The molecule has 1 atom stereocenters. The first-order valence-corrected chi connectivity index (χ1v) is 13.5. The predicted molar refractivity (Wildman–Crippen MR) is 153 cm³/mol. The van der Waals surface area contributed by atoms with Crippen LogP contribution < -0.4 is 10.6 Å². The minimum Gasteiger partial charge on any atom is -0.328 e. The Bertz CT molecular complexity index is 1620. The molecule has 3 aromatic carbocycles. The molecule has 0 fully saturated rings. The first kappa shape index (κ1) is 26.5. The molecular formula is C28H25ClN6O3S. The normalized spacial score (nSPS) is 14.5. The lowest BCUT2D eigenvalue weighted by Crippen LogP contribution is -2.31. The van der Waals surface area contributed by atoms with Gasteiger partial charge >= 0.3 is 0 Å². The number of aromatic nitrogens is 3. The molecular weight excluding hydrogens is 536 g/mol. The van der Waals surface area contributed by atoms with Gasteiger partial charge in [-0.25, -0.2) is 4.68 Å². The lowest BCUT2D eigenvalue weighted by Gasteiger charge is -2.28. The van der Waals surface area contributed by atoms with Crippen LogP contribution in [0, 0.1) is 24.0 Å². The zero-order valence-electron chi connectivity index (χ0n) is 21.4. The van der Waals surface area contributed by atoms with E-state index < -0.39 is 11.0 Å². The van der Waals surface area contributed by atoms with Gasteiger partial charge in [-0.3, -0.25) is 14.9 Å². The summed E-state index contributed by atoms with van der Waals surface area (Å²) in [5.74, 6) is 0.736. The molecule has 1 amide bonds. The number of fused-ring (bicyclic) bond motifs is 1. The molecule has 198 valence electrons. The van der Waals surface area contributed by atoms with Crippen molar-refractivity contribution in [3.63, 3.8) is 0 Å². The molecule has 0 bridgehead atoms. The molecule has 2 N–H and O–H groups in total. The summed E-state index contributed by atoms with van der Waals surface area (Å²) in [5, 5.41) is 23.4. The molecule has 1 aliphatic rings. The van der Waals surface area contributed by atoms with Crippen LogP contribution in [-0.2, 0) is 10.5 Å². The third-order valence-electron chi connectivity index (χ3n) is 6.44. The summed E-state index contributed by atoms with van der Waals surface area (Å²) in [6, 6.07) is 18.9. The van der Waals surface area contributed by atoms with E-state index >= 15 is 0 Å². The van der Waals surface area contributed by atoms with Gasteiger partial charge in [0.1, 0.15) is 6.04 Å². The first-order chi connectivity index (χ1) is 18.7. The topological polar surface area (TPSA) is 115 Å². The van der Waals surface area contributed by atoms with Gasteiger partial charge in [-0.05, 0) is 61.7 Å². The molecule has 1 aliphatic heterocycles. The van der Waals surface area contributed by atoms with Crippen molar-refractivity contribution in [1.82, 2.24) is 14.8 Å². The van der Waals surface area contributed by atoms with Crippen molar-refractivity contribution in [2.24, 2.45) is 0 Å². The van der Waals surface area contributed by atoms with Crippen molar-refractivity contribution in [3.8, 4) is 0 Å². The highest BCUT2D eigenvalue weighted by Crippen LogP contribution is 2.38. The number of non-ortho nitro benzene ring substituents is 1. The molecule has 5 rings (SSSR count). The van der Waals surface area contributed by atoms with Gasteiger partial charge in [0.05, 0.1) is 10.5 Å². The number of aryl methyl sites for hydroxylation is 2. The molecule has 0 saturated heterocycles. The van der Waals surface area contributed by atoms with Crippen LogP contribution >= 0.6 is 23.4 Å². The molecule has 1 aromatic heterocycles. The summed E-state index contributed by atoms with van der Waals surface area (Å²) >= 11 is 7.74. The highest BCUT2D eigenvalue weighted by Gasteiger charge is 2.35. The van der Waals surface area contributed by atoms with Gasteiger partial charge in [0, 0.05) is 34.3 Å².